The van der Waals surface area contributed by atoms with Gasteiger partial charge in [-0.25, -0.2) is 0 Å². The summed E-state index contributed by atoms with van der Waals surface area (Å²) < 4.78 is 5.50. The van der Waals surface area contributed by atoms with E-state index in [1.54, 1.807) is 6.26 Å². The third-order valence-electron chi connectivity index (χ3n) is 3.45. The van der Waals surface area contributed by atoms with Gasteiger partial charge in [0.25, 0.3) is 0 Å². The molecule has 0 aliphatic carbocycles. The van der Waals surface area contributed by atoms with Gasteiger partial charge in [0.05, 0.1) is 12.0 Å². The van der Waals surface area contributed by atoms with Crippen molar-refractivity contribution in [2.75, 3.05) is 0 Å². The third-order valence-corrected chi connectivity index (χ3v) is 3.45. The minimum atomic E-state index is 1.08. The van der Waals surface area contributed by atoms with Crippen LogP contribution in [0.4, 0.5) is 0 Å². The first-order valence-corrected chi connectivity index (χ1v) is 8.28. The van der Waals surface area contributed by atoms with Gasteiger partial charge in [-0.2, -0.15) is 0 Å². The zero-order valence-electron chi connectivity index (χ0n) is 13.4. The van der Waals surface area contributed by atoms with Crippen LogP contribution in [-0.2, 0) is 4.74 Å². The second-order valence-corrected chi connectivity index (χ2v) is 5.27. The summed E-state index contributed by atoms with van der Waals surface area (Å²) >= 11 is 0. The maximum Gasteiger partial charge on any atom is 0.0989 e. The van der Waals surface area contributed by atoms with Gasteiger partial charge in [-0.1, -0.05) is 70.8 Å². The van der Waals surface area contributed by atoms with Crippen LogP contribution in [0, 0.1) is 0 Å². The summed E-state index contributed by atoms with van der Waals surface area (Å²) in [6.07, 6.45) is 20.7. The summed E-state index contributed by atoms with van der Waals surface area (Å²) in [5, 5.41) is 0. The lowest BCUT2D eigenvalue weighted by Crippen LogP contribution is -1.87. The van der Waals surface area contributed by atoms with E-state index in [9.17, 15) is 0 Å². The molecule has 0 amide bonds. The molecule has 0 aliphatic heterocycles. The lowest BCUT2D eigenvalue weighted by molar-refractivity contribution is 0.326. The molecular formula is C18H34O. The molecule has 19 heavy (non-hydrogen) atoms. The van der Waals surface area contributed by atoms with E-state index in [2.05, 4.69) is 19.9 Å². The number of unbranched alkanes of at least 4 members (excludes halogenated alkanes) is 9. The van der Waals surface area contributed by atoms with Gasteiger partial charge in [-0.15, -0.1) is 0 Å². The normalized spacial score (nSPS) is 12.3. The van der Waals surface area contributed by atoms with E-state index in [1.807, 2.05) is 13.0 Å². The smallest absolute Gasteiger partial charge is 0.0989 e. The van der Waals surface area contributed by atoms with Crippen molar-refractivity contribution in [1.29, 1.82) is 0 Å². The average molecular weight is 266 g/mol. The second-order valence-electron chi connectivity index (χ2n) is 5.27. The number of hydrogen-bond acceptors (Lipinski definition) is 1. The molecular weight excluding hydrogens is 232 g/mol. The molecule has 0 heterocycles. The molecule has 112 valence electrons. The van der Waals surface area contributed by atoms with Crippen molar-refractivity contribution in [3.63, 3.8) is 0 Å². The summed E-state index contributed by atoms with van der Waals surface area (Å²) in [6.45, 7) is 6.31. The Bertz CT molecular complexity index is 228. The number of allylic oxidation sites excluding steroid dienone is 3. The molecule has 0 bridgehead atoms. The molecule has 0 atom stereocenters. The highest BCUT2D eigenvalue weighted by Crippen LogP contribution is 2.14. The molecule has 0 unspecified atom stereocenters. The van der Waals surface area contributed by atoms with E-state index in [4.69, 9.17) is 4.74 Å². The van der Waals surface area contributed by atoms with Gasteiger partial charge in [-0.05, 0) is 26.3 Å². The molecule has 0 saturated heterocycles. The lowest BCUT2D eigenvalue weighted by atomic mass is 10.1. The Kier molecular flexibility index (Phi) is 14.8. The predicted octanol–water partition coefficient (Wildman–Crippen LogP) is 6.75. The van der Waals surface area contributed by atoms with Gasteiger partial charge >= 0.3 is 0 Å². The maximum absolute atomic E-state index is 5.50. The molecule has 0 aromatic heterocycles. The van der Waals surface area contributed by atoms with Crippen molar-refractivity contribution in [1.82, 2.24) is 0 Å². The highest BCUT2D eigenvalue weighted by Gasteiger charge is 1.96. The van der Waals surface area contributed by atoms with E-state index in [1.165, 1.54) is 64.2 Å². The molecule has 0 rings (SSSR count). The zero-order valence-corrected chi connectivity index (χ0v) is 13.4. The molecule has 0 fully saturated rings. The van der Waals surface area contributed by atoms with Gasteiger partial charge in [0.1, 0.15) is 0 Å². The lowest BCUT2D eigenvalue weighted by Gasteiger charge is -2.06. The largest absolute Gasteiger partial charge is 0.470 e. The van der Waals surface area contributed by atoms with Crippen LogP contribution in [0.15, 0.2) is 24.2 Å². The topological polar surface area (TPSA) is 9.23 Å². The van der Waals surface area contributed by atoms with Crippen molar-refractivity contribution in [2.24, 2.45) is 0 Å². The van der Waals surface area contributed by atoms with Crippen molar-refractivity contribution >= 4 is 0 Å². The van der Waals surface area contributed by atoms with E-state index < -0.39 is 0 Å². The monoisotopic (exact) mass is 266 g/mol. The van der Waals surface area contributed by atoms with Crippen LogP contribution >= 0.6 is 0 Å². The zero-order chi connectivity index (χ0) is 14.2. The fraction of sp³-hybridized carbons (Fsp3) is 0.778. The Hall–Kier alpha value is -0.720. The summed E-state index contributed by atoms with van der Waals surface area (Å²) in [4.78, 5) is 0. The van der Waals surface area contributed by atoms with Gasteiger partial charge in [0, 0.05) is 6.42 Å². The van der Waals surface area contributed by atoms with Crippen molar-refractivity contribution in [2.45, 2.75) is 91.4 Å². The first-order chi connectivity index (χ1) is 9.35. The molecule has 0 saturated carbocycles. The van der Waals surface area contributed by atoms with Gasteiger partial charge < -0.3 is 4.74 Å². The second kappa shape index (κ2) is 15.3. The summed E-state index contributed by atoms with van der Waals surface area (Å²) in [6, 6.07) is 0. The number of rotatable bonds is 13. The quantitative estimate of drug-likeness (QED) is 0.264. The van der Waals surface area contributed by atoms with Crippen molar-refractivity contribution in [3.8, 4) is 0 Å². The molecule has 0 aliphatic rings. The van der Waals surface area contributed by atoms with Crippen molar-refractivity contribution < 1.29 is 4.74 Å². The van der Waals surface area contributed by atoms with E-state index in [-0.39, 0.29) is 0 Å². The standard InChI is InChI=1S/C18H34O/c1-4-7-8-9-10-11-12-13-14-15-16-18(6-3)19-17-5-2/h5-6,17H,4,7-16H2,1-3H3. The minimum absolute atomic E-state index is 1.08. The fourth-order valence-corrected chi connectivity index (χ4v) is 2.21. The molecule has 0 aromatic rings. The third kappa shape index (κ3) is 13.5. The highest BCUT2D eigenvalue weighted by molar-refractivity contribution is 4.92. The van der Waals surface area contributed by atoms with E-state index >= 15 is 0 Å². The molecule has 0 N–H and O–H groups in total. The van der Waals surface area contributed by atoms with E-state index in [0.717, 1.165) is 12.2 Å². The summed E-state index contributed by atoms with van der Waals surface area (Å²) in [5.74, 6) is 1.11. The molecule has 1 heteroatoms. The van der Waals surface area contributed by atoms with Gasteiger partial charge in [-0.3, -0.25) is 0 Å². The predicted molar refractivity (Wildman–Crippen MR) is 86.1 cm³/mol. The van der Waals surface area contributed by atoms with Crippen LogP contribution in [0.1, 0.15) is 91.4 Å². The minimum Gasteiger partial charge on any atom is -0.470 e. The van der Waals surface area contributed by atoms with Crippen LogP contribution in [0.5, 0.6) is 0 Å². The van der Waals surface area contributed by atoms with Crippen LogP contribution in [0.2, 0.25) is 0 Å². The Morgan fingerprint density at radius 2 is 1.32 bits per heavy atom. The highest BCUT2D eigenvalue weighted by atomic mass is 16.5. The molecule has 1 nitrogen and oxygen atoms in total. The van der Waals surface area contributed by atoms with Gasteiger partial charge in [0.15, 0.2) is 0 Å². The molecule has 0 radical (unpaired) electrons. The first-order valence-electron chi connectivity index (χ1n) is 8.28. The SMILES string of the molecule is CC=COC(=CC)CCCCCCCCCCCC. The van der Waals surface area contributed by atoms with E-state index in [0.29, 0.717) is 0 Å². The molecule has 0 aromatic carbocycles. The number of hydrogen-bond donors (Lipinski definition) is 0. The Morgan fingerprint density at radius 3 is 1.79 bits per heavy atom. The first kappa shape index (κ1) is 18.3. The fourth-order valence-electron chi connectivity index (χ4n) is 2.21. The Labute approximate surface area is 121 Å². The van der Waals surface area contributed by atoms with Crippen molar-refractivity contribution in [3.05, 3.63) is 24.2 Å². The average Bonchev–Trinajstić information content (AvgIpc) is 2.44. The Morgan fingerprint density at radius 1 is 0.789 bits per heavy atom. The van der Waals surface area contributed by atoms with Crippen LogP contribution in [0.3, 0.4) is 0 Å². The summed E-state index contributed by atoms with van der Waals surface area (Å²) in [5.41, 5.74) is 0. The molecule has 0 spiro atoms. The number of ether oxygens (including phenoxy) is 1. The Balaban J connectivity index is 3.26. The van der Waals surface area contributed by atoms with Crippen LogP contribution in [0.25, 0.3) is 0 Å². The van der Waals surface area contributed by atoms with Gasteiger partial charge in [0.2, 0.25) is 0 Å². The van der Waals surface area contributed by atoms with Crippen LogP contribution < -0.4 is 0 Å². The summed E-state index contributed by atoms with van der Waals surface area (Å²) in [7, 11) is 0. The van der Waals surface area contributed by atoms with Crippen LogP contribution in [-0.4, -0.2) is 0 Å². The maximum atomic E-state index is 5.50.